The number of ether oxygens (including phenoxy) is 3. The summed E-state index contributed by atoms with van der Waals surface area (Å²) in [5, 5.41) is 8.15. The Bertz CT molecular complexity index is 1360. The van der Waals surface area contributed by atoms with Crippen molar-refractivity contribution in [3.8, 4) is 22.8 Å². The smallest absolute Gasteiger partial charge is 0.223 e. The number of methoxy groups -OCH3 is 2. The maximum absolute atomic E-state index is 11.9. The lowest BCUT2D eigenvalue weighted by Gasteiger charge is -2.19. The first-order valence-corrected chi connectivity index (χ1v) is 13.7. The number of anilines is 2. The number of allylic oxidation sites excluding steroid dienone is 1. The molecule has 214 valence electrons. The molecule has 1 aliphatic heterocycles. The number of rotatable bonds is 13. The van der Waals surface area contributed by atoms with Crippen LogP contribution in [-0.4, -0.2) is 86.3 Å². The van der Waals surface area contributed by atoms with Crippen molar-refractivity contribution in [2.24, 2.45) is 5.92 Å². The Morgan fingerprint density at radius 3 is 2.55 bits per heavy atom. The molecule has 1 saturated heterocycles. The number of aromatic nitrogens is 3. The molecule has 40 heavy (non-hydrogen) atoms. The van der Waals surface area contributed by atoms with Crippen molar-refractivity contribution in [3.05, 3.63) is 41.0 Å². The highest BCUT2D eigenvalue weighted by Crippen LogP contribution is 2.46. The van der Waals surface area contributed by atoms with Gasteiger partial charge in [0.15, 0.2) is 11.6 Å². The third kappa shape index (κ3) is 6.75. The lowest BCUT2D eigenvalue weighted by atomic mass is 9.97. The number of nitrogens with one attached hydrogen (secondary N) is 2. The van der Waals surface area contributed by atoms with Gasteiger partial charge in [-0.25, -0.2) is 15.0 Å². The van der Waals surface area contributed by atoms with E-state index in [1.165, 1.54) is 20.3 Å². The summed E-state index contributed by atoms with van der Waals surface area (Å²) in [5.74, 6) is 1.80. The molecule has 1 fully saturated rings. The molecule has 0 bridgehead atoms. The van der Waals surface area contributed by atoms with Gasteiger partial charge in [-0.3, -0.25) is 4.79 Å². The van der Waals surface area contributed by atoms with Gasteiger partial charge in [0.25, 0.3) is 0 Å². The Morgan fingerprint density at radius 1 is 1.18 bits per heavy atom. The number of carbonyl (C=O) groups is 1. The van der Waals surface area contributed by atoms with Crippen LogP contribution in [0.4, 0.5) is 11.8 Å². The van der Waals surface area contributed by atoms with Crippen molar-refractivity contribution in [3.63, 3.8) is 0 Å². The Kier molecular flexibility index (Phi) is 10.0. The summed E-state index contributed by atoms with van der Waals surface area (Å²) in [6, 6.07) is 3.37. The largest absolute Gasteiger partial charge is 0.495 e. The van der Waals surface area contributed by atoms with Gasteiger partial charge >= 0.3 is 0 Å². The summed E-state index contributed by atoms with van der Waals surface area (Å²) in [6.45, 7) is 6.09. The highest BCUT2D eigenvalue weighted by Gasteiger charge is 2.30. The normalized spacial score (nSPS) is 16.8. The Morgan fingerprint density at radius 2 is 1.90 bits per heavy atom. The zero-order chi connectivity index (χ0) is 28.8. The summed E-state index contributed by atoms with van der Waals surface area (Å²) in [6.07, 6.45) is 4.31. The van der Waals surface area contributed by atoms with Gasteiger partial charge in [-0.1, -0.05) is 29.8 Å². The number of hydrogen-bond acceptors (Lipinski definition) is 10. The monoisotopic (exact) mass is 588 g/mol. The Hall–Kier alpha value is -3.18. The predicted molar refractivity (Wildman–Crippen MR) is 159 cm³/mol. The molecular formula is C28H34Cl2N6O4. The summed E-state index contributed by atoms with van der Waals surface area (Å²) in [4.78, 5) is 28.3. The van der Waals surface area contributed by atoms with E-state index in [-0.39, 0.29) is 17.7 Å². The number of halogens is 2. The molecular weight excluding hydrogens is 555 g/mol. The first-order chi connectivity index (χ1) is 19.2. The van der Waals surface area contributed by atoms with Gasteiger partial charge in [-0.05, 0) is 39.2 Å². The first-order valence-electron chi connectivity index (χ1n) is 12.9. The van der Waals surface area contributed by atoms with Crippen LogP contribution in [0.1, 0.15) is 12.8 Å². The summed E-state index contributed by atoms with van der Waals surface area (Å²) in [5.41, 5.74) is 1.63. The van der Waals surface area contributed by atoms with Crippen LogP contribution >= 0.6 is 23.2 Å². The van der Waals surface area contributed by atoms with Crippen molar-refractivity contribution < 1.29 is 19.0 Å². The molecule has 0 unspecified atom stereocenters. The van der Waals surface area contributed by atoms with Crippen LogP contribution in [0.25, 0.3) is 22.2 Å². The molecule has 2 N–H and O–H groups in total. The lowest BCUT2D eigenvalue weighted by Crippen LogP contribution is -2.30. The van der Waals surface area contributed by atoms with Gasteiger partial charge in [-0.2, -0.15) is 0 Å². The van der Waals surface area contributed by atoms with E-state index >= 15 is 0 Å². The van der Waals surface area contributed by atoms with E-state index in [1.807, 2.05) is 20.2 Å². The summed E-state index contributed by atoms with van der Waals surface area (Å²) < 4.78 is 16.5. The topological polar surface area (TPSA) is 111 Å². The van der Waals surface area contributed by atoms with Crippen molar-refractivity contribution in [2.45, 2.75) is 18.9 Å². The molecule has 0 radical (unpaired) electrons. The van der Waals surface area contributed by atoms with Gasteiger partial charge in [-0.15, -0.1) is 0 Å². The van der Waals surface area contributed by atoms with E-state index in [1.54, 1.807) is 12.3 Å². The van der Waals surface area contributed by atoms with Gasteiger partial charge in [0.05, 0.1) is 49.2 Å². The Labute approximate surface area is 244 Å². The zero-order valence-corrected chi connectivity index (χ0v) is 24.6. The third-order valence-corrected chi connectivity index (χ3v) is 7.42. The molecule has 2 atom stereocenters. The molecule has 0 aliphatic carbocycles. The van der Waals surface area contributed by atoms with Crippen molar-refractivity contribution in [1.82, 2.24) is 19.9 Å². The minimum atomic E-state index is -0.105. The van der Waals surface area contributed by atoms with E-state index in [4.69, 9.17) is 47.4 Å². The average Bonchev–Trinajstić information content (AvgIpc) is 3.37. The van der Waals surface area contributed by atoms with Crippen LogP contribution in [0.5, 0.6) is 11.5 Å². The van der Waals surface area contributed by atoms with Crippen molar-refractivity contribution in [2.75, 3.05) is 65.3 Å². The second kappa shape index (κ2) is 13.5. The lowest BCUT2D eigenvalue weighted by molar-refractivity contribution is -0.115. The molecule has 0 spiro atoms. The van der Waals surface area contributed by atoms with Crippen LogP contribution < -0.4 is 20.1 Å². The number of ketones is 1. The fourth-order valence-corrected chi connectivity index (χ4v) is 5.23. The molecule has 10 nitrogen and oxygen atoms in total. The van der Waals surface area contributed by atoms with E-state index in [9.17, 15) is 4.79 Å². The second-order valence-electron chi connectivity index (χ2n) is 9.78. The van der Waals surface area contributed by atoms with Gasteiger partial charge in [0.2, 0.25) is 5.95 Å². The van der Waals surface area contributed by atoms with E-state index in [0.717, 1.165) is 18.4 Å². The van der Waals surface area contributed by atoms with Crippen molar-refractivity contribution >= 4 is 51.7 Å². The van der Waals surface area contributed by atoms with E-state index in [0.29, 0.717) is 76.3 Å². The number of hydrogen-bond donors (Lipinski definition) is 2. The van der Waals surface area contributed by atoms with Crippen LogP contribution in [0.3, 0.4) is 0 Å². The number of benzene rings is 1. The van der Waals surface area contributed by atoms with Gasteiger partial charge in [0, 0.05) is 42.1 Å². The van der Waals surface area contributed by atoms with Gasteiger partial charge < -0.3 is 29.7 Å². The number of fused-ring (bicyclic) bond motifs is 1. The molecule has 12 heteroatoms. The fourth-order valence-electron chi connectivity index (χ4n) is 4.54. The quantitative estimate of drug-likeness (QED) is 0.210. The van der Waals surface area contributed by atoms with E-state index < -0.39 is 0 Å². The first kappa shape index (κ1) is 29.8. The highest BCUT2D eigenvalue weighted by atomic mass is 35.5. The third-order valence-electron chi connectivity index (χ3n) is 6.67. The number of pyridine rings is 1. The summed E-state index contributed by atoms with van der Waals surface area (Å²) >= 11 is 13.4. The minimum Gasteiger partial charge on any atom is -0.495 e. The molecule has 0 saturated carbocycles. The van der Waals surface area contributed by atoms with E-state index in [2.05, 4.69) is 27.1 Å². The number of carbonyl (C=O) groups excluding carboxylic acids is 1. The fraction of sp³-hybridized carbons (Fsp3) is 0.429. The molecule has 2 aromatic heterocycles. The predicted octanol–water partition coefficient (Wildman–Crippen LogP) is 4.95. The van der Waals surface area contributed by atoms with Crippen LogP contribution in [-0.2, 0) is 9.53 Å². The van der Waals surface area contributed by atoms with Crippen LogP contribution in [0.2, 0.25) is 10.0 Å². The maximum Gasteiger partial charge on any atom is 0.223 e. The zero-order valence-electron chi connectivity index (χ0n) is 23.1. The second-order valence-corrected chi connectivity index (χ2v) is 10.5. The molecule has 0 amide bonds. The number of nitrogens with zero attached hydrogens (tertiary/aromatic N) is 4. The van der Waals surface area contributed by atoms with Crippen LogP contribution in [0.15, 0.2) is 31.0 Å². The SMILES string of the molecule is C=CC(=O)C[C@H]1COC[C@H]1Nc1ncc2cc(-c3c(Cl)c(OC)cc(OC)c3Cl)nc(NCCCN(C)C)c2n1. The average molecular weight is 590 g/mol. The van der Waals surface area contributed by atoms with Crippen molar-refractivity contribution in [1.29, 1.82) is 0 Å². The molecule has 1 aliphatic rings. The molecule has 1 aromatic carbocycles. The van der Waals surface area contributed by atoms with Crippen LogP contribution in [0, 0.1) is 5.92 Å². The highest BCUT2D eigenvalue weighted by molar-refractivity contribution is 6.41. The minimum absolute atomic E-state index is 0.00116. The summed E-state index contributed by atoms with van der Waals surface area (Å²) in [7, 11) is 7.11. The molecule has 4 rings (SSSR count). The standard InChI is InChI=1S/C28H34Cl2N6O4/c1-6-18(37)10-17-14-40-15-20(17)34-28-32-13-16-11-19(23-24(29)21(38-4)12-22(39-5)25(23)30)33-27(26(16)35-28)31-8-7-9-36(2)3/h6,11-13,17,20H,1,7-10,14-15H2,2-5H3,(H,31,33)(H,32,34,35)/t17-,20+/m0/s1. The van der Waals surface area contributed by atoms with Gasteiger partial charge in [0.1, 0.15) is 17.0 Å². The molecule has 3 aromatic rings. The maximum atomic E-state index is 11.9. The molecule has 3 heterocycles. The Balaban J connectivity index is 1.74.